The van der Waals surface area contributed by atoms with E-state index in [0.717, 1.165) is 17.7 Å². The largest absolute Gasteiger partial charge is 0.606 e. The van der Waals surface area contributed by atoms with Gasteiger partial charge in [0.1, 0.15) is 0 Å². The lowest BCUT2D eigenvalue weighted by Crippen LogP contribution is -2.28. The molecule has 0 saturated heterocycles. The SMILES string of the molecule is [O-][S+](c1ccc(C(F)(F)F)cc1)c1ccc2c(c1)B(O)OC2. The van der Waals surface area contributed by atoms with Crippen molar-refractivity contribution >= 4 is 23.8 Å². The van der Waals surface area contributed by atoms with Gasteiger partial charge >= 0.3 is 13.3 Å². The van der Waals surface area contributed by atoms with Crippen LogP contribution >= 0.6 is 0 Å². The number of alkyl halides is 3. The molecule has 0 fully saturated rings. The van der Waals surface area contributed by atoms with Gasteiger partial charge in [-0.05, 0) is 47.4 Å². The quantitative estimate of drug-likeness (QED) is 0.679. The highest BCUT2D eigenvalue weighted by molar-refractivity contribution is 7.91. The average Bonchev–Trinajstić information content (AvgIpc) is 2.87. The Bertz CT molecular complexity index is 691. The van der Waals surface area contributed by atoms with Gasteiger partial charge in [-0.25, -0.2) is 0 Å². The Labute approximate surface area is 128 Å². The molecule has 1 heterocycles. The van der Waals surface area contributed by atoms with Crippen molar-refractivity contribution in [3.8, 4) is 0 Å². The summed E-state index contributed by atoms with van der Waals surface area (Å²) >= 11 is -1.62. The summed E-state index contributed by atoms with van der Waals surface area (Å²) in [7, 11) is -1.06. The van der Waals surface area contributed by atoms with Gasteiger partial charge in [0.25, 0.3) is 0 Å². The smallest absolute Gasteiger partial charge is 0.491 e. The van der Waals surface area contributed by atoms with Crippen LogP contribution < -0.4 is 5.46 Å². The molecule has 1 atom stereocenters. The van der Waals surface area contributed by atoms with Gasteiger partial charge in [0, 0.05) is 11.2 Å². The summed E-state index contributed by atoms with van der Waals surface area (Å²) in [5.74, 6) is 0. The number of halogens is 3. The Morgan fingerprint density at radius 1 is 1.09 bits per heavy atom. The zero-order valence-corrected chi connectivity index (χ0v) is 11.9. The molecule has 0 radical (unpaired) electrons. The Balaban J connectivity index is 1.88. The molecule has 0 aliphatic carbocycles. The van der Waals surface area contributed by atoms with Crippen LogP contribution in [-0.2, 0) is 28.6 Å². The van der Waals surface area contributed by atoms with Crippen molar-refractivity contribution in [2.45, 2.75) is 22.6 Å². The highest BCUT2D eigenvalue weighted by Gasteiger charge is 2.32. The molecule has 3 rings (SSSR count). The first-order valence-electron chi connectivity index (χ1n) is 6.38. The van der Waals surface area contributed by atoms with Crippen LogP contribution in [0.1, 0.15) is 11.1 Å². The molecule has 1 aliphatic rings. The molecular weight excluding hydrogens is 316 g/mol. The van der Waals surface area contributed by atoms with Crippen LogP contribution in [-0.4, -0.2) is 16.7 Å². The molecule has 0 saturated carbocycles. The van der Waals surface area contributed by atoms with E-state index in [-0.39, 0.29) is 11.5 Å². The Kier molecular flexibility index (Phi) is 3.94. The summed E-state index contributed by atoms with van der Waals surface area (Å²) in [5, 5.41) is 9.64. The van der Waals surface area contributed by atoms with E-state index >= 15 is 0 Å². The molecule has 0 amide bonds. The number of benzene rings is 2. The second-order valence-electron chi connectivity index (χ2n) is 4.81. The third-order valence-electron chi connectivity index (χ3n) is 3.39. The highest BCUT2D eigenvalue weighted by atomic mass is 32.2. The van der Waals surface area contributed by atoms with Crippen LogP contribution in [0.5, 0.6) is 0 Å². The van der Waals surface area contributed by atoms with E-state index in [1.165, 1.54) is 12.1 Å². The molecule has 0 bridgehead atoms. The van der Waals surface area contributed by atoms with E-state index < -0.39 is 30.0 Å². The molecule has 1 aliphatic heterocycles. The van der Waals surface area contributed by atoms with Crippen molar-refractivity contribution in [1.29, 1.82) is 0 Å². The van der Waals surface area contributed by atoms with Crippen molar-refractivity contribution in [3.63, 3.8) is 0 Å². The third kappa shape index (κ3) is 2.87. The van der Waals surface area contributed by atoms with Gasteiger partial charge < -0.3 is 14.2 Å². The Morgan fingerprint density at radius 3 is 2.36 bits per heavy atom. The molecule has 0 aromatic heterocycles. The molecule has 2 aromatic rings. The second kappa shape index (κ2) is 5.62. The van der Waals surface area contributed by atoms with E-state index in [2.05, 4.69) is 0 Å². The van der Waals surface area contributed by atoms with Crippen LogP contribution in [0, 0.1) is 0 Å². The molecule has 22 heavy (non-hydrogen) atoms. The van der Waals surface area contributed by atoms with E-state index in [0.29, 0.717) is 10.4 Å². The molecule has 1 N–H and O–H groups in total. The van der Waals surface area contributed by atoms with Crippen molar-refractivity contribution in [2.75, 3.05) is 0 Å². The first-order chi connectivity index (χ1) is 10.4. The number of rotatable bonds is 2. The van der Waals surface area contributed by atoms with Gasteiger partial charge in [0.15, 0.2) is 9.79 Å². The molecule has 114 valence electrons. The monoisotopic (exact) mass is 326 g/mol. The molecule has 1 unspecified atom stereocenters. The summed E-state index contributed by atoms with van der Waals surface area (Å²) in [6.07, 6.45) is -4.42. The van der Waals surface area contributed by atoms with Crippen LogP contribution in [0.25, 0.3) is 0 Å². The van der Waals surface area contributed by atoms with Gasteiger partial charge in [0.05, 0.1) is 12.2 Å². The minimum absolute atomic E-state index is 0.265. The van der Waals surface area contributed by atoms with Crippen molar-refractivity contribution in [3.05, 3.63) is 53.6 Å². The molecule has 0 spiro atoms. The topological polar surface area (TPSA) is 52.5 Å². The maximum atomic E-state index is 12.5. The Hall–Kier alpha value is -1.48. The van der Waals surface area contributed by atoms with Gasteiger partial charge in [-0.3, -0.25) is 0 Å². The lowest BCUT2D eigenvalue weighted by Gasteiger charge is -2.12. The van der Waals surface area contributed by atoms with E-state index in [1.807, 2.05) is 0 Å². The van der Waals surface area contributed by atoms with Gasteiger partial charge in [0.2, 0.25) is 0 Å². The lowest BCUT2D eigenvalue weighted by molar-refractivity contribution is -0.137. The molecule has 2 aromatic carbocycles. The number of hydrogen-bond donors (Lipinski definition) is 1. The fraction of sp³-hybridized carbons (Fsp3) is 0.143. The fourth-order valence-electron chi connectivity index (χ4n) is 2.21. The molecule has 8 heteroatoms. The van der Waals surface area contributed by atoms with Gasteiger partial charge in [-0.2, -0.15) is 13.2 Å². The van der Waals surface area contributed by atoms with Crippen LogP contribution in [0.4, 0.5) is 13.2 Å². The Morgan fingerprint density at radius 2 is 1.73 bits per heavy atom. The zero-order valence-electron chi connectivity index (χ0n) is 11.1. The maximum Gasteiger partial charge on any atom is 0.491 e. The predicted molar refractivity (Wildman–Crippen MR) is 75.0 cm³/mol. The fourth-order valence-corrected chi connectivity index (χ4v) is 3.29. The number of hydrogen-bond acceptors (Lipinski definition) is 3. The standard InChI is InChI=1S/C14H10BF3O3S/c16-14(17,18)10-2-5-11(6-3-10)22(20)12-4-1-9-8-21-15(19)13(9)7-12/h1-7,19H,8H2. The second-order valence-corrected chi connectivity index (χ2v) is 6.30. The summed E-state index contributed by atoms with van der Waals surface area (Å²) in [4.78, 5) is 0.671. The third-order valence-corrected chi connectivity index (χ3v) is 4.77. The highest BCUT2D eigenvalue weighted by Crippen LogP contribution is 2.31. The summed E-state index contributed by atoms with van der Waals surface area (Å²) in [6, 6.07) is 9.06. The predicted octanol–water partition coefficient (Wildman–Crippen LogP) is 2.09. The summed E-state index contributed by atoms with van der Waals surface area (Å²) < 4.78 is 55.0. The van der Waals surface area contributed by atoms with E-state index in [1.54, 1.807) is 18.2 Å². The van der Waals surface area contributed by atoms with Crippen molar-refractivity contribution in [2.24, 2.45) is 0 Å². The maximum absolute atomic E-state index is 12.5. The first-order valence-corrected chi connectivity index (χ1v) is 7.53. The minimum Gasteiger partial charge on any atom is -0.606 e. The van der Waals surface area contributed by atoms with Crippen molar-refractivity contribution in [1.82, 2.24) is 0 Å². The van der Waals surface area contributed by atoms with Crippen LogP contribution in [0.2, 0.25) is 0 Å². The first kappa shape index (κ1) is 15.4. The molecule has 3 nitrogen and oxygen atoms in total. The average molecular weight is 326 g/mol. The molecular formula is C14H10BF3O3S. The minimum atomic E-state index is -4.42. The van der Waals surface area contributed by atoms with Crippen LogP contribution in [0.3, 0.4) is 0 Å². The lowest BCUT2D eigenvalue weighted by atomic mass is 9.80. The van der Waals surface area contributed by atoms with Crippen molar-refractivity contribution < 1.29 is 27.4 Å². The zero-order chi connectivity index (χ0) is 15.9. The van der Waals surface area contributed by atoms with Gasteiger partial charge in [-0.1, -0.05) is 6.07 Å². The van der Waals surface area contributed by atoms with E-state index in [9.17, 15) is 22.7 Å². The summed E-state index contributed by atoms with van der Waals surface area (Å²) in [6.45, 7) is 0.281. The van der Waals surface area contributed by atoms with Crippen LogP contribution in [0.15, 0.2) is 52.3 Å². The normalized spacial score (nSPS) is 15.8. The van der Waals surface area contributed by atoms with E-state index in [4.69, 9.17) is 4.65 Å². The number of fused-ring (bicyclic) bond motifs is 1. The van der Waals surface area contributed by atoms with Gasteiger partial charge in [-0.15, -0.1) is 0 Å². The summed E-state index contributed by atoms with van der Waals surface area (Å²) in [5.41, 5.74) is 0.560.